The number of amides is 3. The largest absolute Gasteiger partial charge is 0.381 e. The van der Waals surface area contributed by atoms with Crippen molar-refractivity contribution < 1.29 is 19.1 Å². The van der Waals surface area contributed by atoms with Gasteiger partial charge in [0.2, 0.25) is 0 Å². The minimum Gasteiger partial charge on any atom is -0.381 e. The van der Waals surface area contributed by atoms with Crippen molar-refractivity contribution in [1.82, 2.24) is 10.3 Å². The lowest BCUT2D eigenvalue weighted by molar-refractivity contribution is -0.000511. The Hall–Kier alpha value is -4.80. The average molecular weight is 674 g/mol. The number of hydrogen-bond acceptors (Lipinski definition) is 7. The summed E-state index contributed by atoms with van der Waals surface area (Å²) in [5.74, 6) is 0.362. The van der Waals surface area contributed by atoms with Crippen LogP contribution in [0.4, 0.5) is 17.2 Å². The van der Waals surface area contributed by atoms with Crippen LogP contribution in [0.15, 0.2) is 72.9 Å². The molecule has 3 fully saturated rings. The van der Waals surface area contributed by atoms with E-state index in [1.165, 1.54) is 11.3 Å². The second-order valence-corrected chi connectivity index (χ2v) is 14.8. The molecule has 4 aromatic rings. The van der Waals surface area contributed by atoms with Crippen LogP contribution in [0, 0.1) is 12.3 Å². The van der Waals surface area contributed by atoms with Crippen molar-refractivity contribution in [2.45, 2.75) is 45.1 Å². The fraction of sp³-hybridized carbons (Fsp3) is 0.333. The van der Waals surface area contributed by atoms with Crippen molar-refractivity contribution in [3.05, 3.63) is 105 Å². The third-order valence-corrected chi connectivity index (χ3v) is 11.2. The van der Waals surface area contributed by atoms with Crippen LogP contribution in [-0.2, 0) is 4.74 Å². The Kier molecular flexibility index (Phi) is 8.29. The van der Waals surface area contributed by atoms with Crippen LogP contribution in [0.1, 0.15) is 78.5 Å². The highest BCUT2D eigenvalue weighted by Crippen LogP contribution is 2.42. The molecule has 49 heavy (non-hydrogen) atoms. The summed E-state index contributed by atoms with van der Waals surface area (Å²) < 4.78 is 5.57. The molecule has 1 aliphatic carbocycles. The zero-order valence-corrected chi connectivity index (χ0v) is 28.4. The first-order chi connectivity index (χ1) is 23.8. The fourth-order valence-electron chi connectivity index (χ4n) is 7.06. The maximum absolute atomic E-state index is 14.0. The van der Waals surface area contributed by atoms with Gasteiger partial charge < -0.3 is 25.2 Å². The minimum absolute atomic E-state index is 0.0135. The van der Waals surface area contributed by atoms with Gasteiger partial charge in [0.1, 0.15) is 5.82 Å². The van der Waals surface area contributed by atoms with Crippen molar-refractivity contribution in [3.8, 4) is 0 Å². The molecule has 1 spiro atoms. The van der Waals surface area contributed by atoms with E-state index in [-0.39, 0.29) is 23.1 Å². The Balaban J connectivity index is 0.955. The van der Waals surface area contributed by atoms with Gasteiger partial charge >= 0.3 is 0 Å². The van der Waals surface area contributed by atoms with E-state index in [2.05, 4.69) is 26.6 Å². The van der Waals surface area contributed by atoms with E-state index in [0.29, 0.717) is 46.5 Å². The van der Waals surface area contributed by atoms with Gasteiger partial charge in [-0.25, -0.2) is 4.98 Å². The zero-order chi connectivity index (χ0) is 33.5. The van der Waals surface area contributed by atoms with E-state index in [0.717, 1.165) is 79.3 Å². The molecule has 0 bridgehead atoms. The normalized spacial score (nSPS) is 18.2. The van der Waals surface area contributed by atoms with E-state index in [1.54, 1.807) is 24.3 Å². The molecular weight excluding hydrogens is 635 g/mol. The Bertz CT molecular complexity index is 1950. The summed E-state index contributed by atoms with van der Waals surface area (Å²) in [5, 5.41) is 6.10. The number of fused-ring (bicyclic) bond motifs is 1. The molecule has 3 aliphatic heterocycles. The summed E-state index contributed by atoms with van der Waals surface area (Å²) in [7, 11) is 0. The minimum atomic E-state index is -0.222. The number of rotatable bonds is 7. The number of anilines is 3. The number of benzene rings is 2. The van der Waals surface area contributed by atoms with Gasteiger partial charge in [-0.3, -0.25) is 14.4 Å². The summed E-state index contributed by atoms with van der Waals surface area (Å²) in [5.41, 5.74) is 5.77. The number of nitrogens with zero attached hydrogens (tertiary/aromatic N) is 3. The van der Waals surface area contributed by atoms with Crippen LogP contribution in [0.3, 0.4) is 0 Å². The van der Waals surface area contributed by atoms with Crippen LogP contribution in [0.25, 0.3) is 11.6 Å². The summed E-state index contributed by atoms with van der Waals surface area (Å²) in [6.45, 7) is 5.78. The molecule has 10 heteroatoms. The van der Waals surface area contributed by atoms with Crippen LogP contribution in [0.5, 0.6) is 0 Å². The van der Waals surface area contributed by atoms with E-state index >= 15 is 0 Å². The van der Waals surface area contributed by atoms with E-state index in [9.17, 15) is 14.4 Å². The lowest BCUT2D eigenvalue weighted by atomic mass is 9.73. The molecule has 5 heterocycles. The second-order valence-electron chi connectivity index (χ2n) is 13.7. The number of ether oxygens (including phenoxy) is 1. The molecule has 2 aromatic carbocycles. The molecule has 9 nitrogen and oxygen atoms in total. The molecule has 1 saturated carbocycles. The SMILES string of the molecule is Cc1cnc(N2CC3(CCOCC3)C2)c(C(=O)Nc2ccc(C(=O)N3CCC(c4ccc(C(=O)NC5CC5)s4)=Cc4ccccc43)cc2)c1. The predicted molar refractivity (Wildman–Crippen MR) is 193 cm³/mol. The molecule has 0 atom stereocenters. The smallest absolute Gasteiger partial charge is 0.261 e. The van der Waals surface area contributed by atoms with Gasteiger partial charge in [0.15, 0.2) is 0 Å². The Morgan fingerprint density at radius 1 is 0.959 bits per heavy atom. The molecule has 250 valence electrons. The summed E-state index contributed by atoms with van der Waals surface area (Å²) in [4.78, 5) is 50.6. The molecule has 2 N–H and O–H groups in total. The molecule has 4 aliphatic rings. The lowest BCUT2D eigenvalue weighted by Gasteiger charge is -2.53. The second kappa shape index (κ2) is 12.9. The Morgan fingerprint density at radius 2 is 1.73 bits per heavy atom. The molecular formula is C39H39N5O4S. The maximum atomic E-state index is 14.0. The molecule has 0 radical (unpaired) electrons. The topological polar surface area (TPSA) is 104 Å². The highest BCUT2D eigenvalue weighted by Gasteiger charge is 2.45. The number of nitrogens with one attached hydrogen (secondary N) is 2. The van der Waals surface area contributed by atoms with Crippen LogP contribution in [-0.4, -0.2) is 61.6 Å². The number of carbonyl (C=O) groups excluding carboxylic acids is 3. The van der Waals surface area contributed by atoms with E-state index < -0.39 is 0 Å². The van der Waals surface area contributed by atoms with Crippen molar-refractivity contribution in [3.63, 3.8) is 0 Å². The number of carbonyl (C=O) groups is 3. The summed E-state index contributed by atoms with van der Waals surface area (Å²) in [6, 6.07) is 21.1. The number of aryl methyl sites for hydroxylation is 1. The Morgan fingerprint density at radius 3 is 2.51 bits per heavy atom. The molecule has 2 saturated heterocycles. The molecule has 2 aromatic heterocycles. The van der Waals surface area contributed by atoms with Crippen LogP contribution < -0.4 is 20.4 Å². The van der Waals surface area contributed by atoms with Gasteiger partial charge in [-0.2, -0.15) is 0 Å². The fourth-order valence-corrected chi connectivity index (χ4v) is 8.01. The maximum Gasteiger partial charge on any atom is 0.261 e. The van der Waals surface area contributed by atoms with E-state index in [4.69, 9.17) is 4.74 Å². The van der Waals surface area contributed by atoms with E-state index in [1.807, 2.05) is 60.5 Å². The predicted octanol–water partition coefficient (Wildman–Crippen LogP) is 6.80. The average Bonchev–Trinajstić information content (AvgIpc) is 3.83. The number of hydrogen-bond donors (Lipinski definition) is 2. The van der Waals surface area contributed by atoms with Crippen LogP contribution >= 0.6 is 11.3 Å². The van der Waals surface area contributed by atoms with Gasteiger partial charge in [-0.05, 0) is 110 Å². The van der Waals surface area contributed by atoms with Gasteiger partial charge in [-0.1, -0.05) is 18.2 Å². The van der Waals surface area contributed by atoms with Gasteiger partial charge in [0.05, 0.1) is 16.1 Å². The first-order valence-corrected chi connectivity index (χ1v) is 17.9. The third kappa shape index (κ3) is 6.50. The standard InChI is InChI=1S/C39H39N5O4S/c1-25-20-31(35(40-22-25)43-23-39(24-43)15-18-48-19-16-39)36(45)41-29-8-6-26(7-9-29)38(47)44-17-14-28(21-27-4-2-3-5-32(27)44)33-12-13-34(49-33)37(46)42-30-10-11-30/h2-9,12-13,20-22,30H,10-11,14-19,23-24H2,1H3,(H,41,45)(H,42,46). The quantitative estimate of drug-likeness (QED) is 0.224. The first kappa shape index (κ1) is 31.5. The highest BCUT2D eigenvalue weighted by molar-refractivity contribution is 7.15. The molecule has 0 unspecified atom stereocenters. The zero-order valence-electron chi connectivity index (χ0n) is 27.5. The first-order valence-electron chi connectivity index (χ1n) is 17.1. The lowest BCUT2D eigenvalue weighted by Crippen LogP contribution is -2.59. The monoisotopic (exact) mass is 673 g/mol. The Labute approximate surface area is 290 Å². The number of thiophene rings is 1. The number of pyridine rings is 1. The molecule has 8 rings (SSSR count). The van der Waals surface area contributed by atoms with Crippen LogP contribution in [0.2, 0.25) is 0 Å². The van der Waals surface area contributed by atoms with Gasteiger partial charge in [0, 0.05) is 66.6 Å². The van der Waals surface area contributed by atoms with Gasteiger partial charge in [-0.15, -0.1) is 11.3 Å². The van der Waals surface area contributed by atoms with Crippen molar-refractivity contribution in [1.29, 1.82) is 0 Å². The third-order valence-electron chi connectivity index (χ3n) is 10.0. The number of aromatic nitrogens is 1. The van der Waals surface area contributed by atoms with Crippen molar-refractivity contribution in [2.24, 2.45) is 5.41 Å². The van der Waals surface area contributed by atoms with Crippen molar-refractivity contribution in [2.75, 3.05) is 48.0 Å². The highest BCUT2D eigenvalue weighted by atomic mass is 32.1. The number of para-hydroxylation sites is 1. The van der Waals surface area contributed by atoms with Crippen molar-refractivity contribution >= 4 is 57.9 Å². The molecule has 3 amide bonds. The summed E-state index contributed by atoms with van der Waals surface area (Å²) >= 11 is 1.50. The summed E-state index contributed by atoms with van der Waals surface area (Å²) in [6.07, 6.45) is 8.78. The van der Waals surface area contributed by atoms with Gasteiger partial charge in [0.25, 0.3) is 17.7 Å².